The molecule has 90 valence electrons. The highest BCUT2D eigenvalue weighted by molar-refractivity contribution is 9.10. The van der Waals surface area contributed by atoms with Crippen molar-refractivity contribution in [1.29, 1.82) is 0 Å². The second-order valence-electron chi connectivity index (χ2n) is 3.42. The van der Waals surface area contributed by atoms with Crippen molar-refractivity contribution in [2.45, 2.75) is 13.1 Å². The lowest BCUT2D eigenvalue weighted by Gasteiger charge is -2.09. The van der Waals surface area contributed by atoms with E-state index in [1.54, 1.807) is 19.1 Å². The molecule has 1 heterocycles. The third kappa shape index (κ3) is 2.24. The van der Waals surface area contributed by atoms with Crippen molar-refractivity contribution in [3.8, 4) is 0 Å². The number of alkyl halides is 3. The van der Waals surface area contributed by atoms with E-state index in [1.807, 2.05) is 0 Å². The molecule has 0 atom stereocenters. The zero-order chi connectivity index (χ0) is 12.8. The molecule has 1 aromatic carbocycles. The summed E-state index contributed by atoms with van der Waals surface area (Å²) in [6.07, 6.45) is -4.60. The van der Waals surface area contributed by atoms with Gasteiger partial charge < -0.3 is 0 Å². The van der Waals surface area contributed by atoms with Gasteiger partial charge in [0.1, 0.15) is 5.15 Å². The summed E-state index contributed by atoms with van der Waals surface area (Å²) < 4.78 is 38.2. The Balaban J connectivity index is 2.87. The number of fused-ring (bicyclic) bond motifs is 1. The molecule has 0 saturated carbocycles. The van der Waals surface area contributed by atoms with E-state index >= 15 is 0 Å². The zero-order valence-corrected chi connectivity index (χ0v) is 10.8. The second-order valence-corrected chi connectivity index (χ2v) is 4.64. The van der Waals surface area contributed by atoms with Crippen LogP contribution in [0.2, 0.25) is 5.15 Å². The topological polar surface area (TPSA) is 25.8 Å². The highest BCUT2D eigenvalue weighted by Crippen LogP contribution is 2.34. The SMILES string of the molecule is Cc1ccc(Br)c2c(Cl)nc(C(F)(F)F)nc12. The second kappa shape index (κ2) is 4.10. The Labute approximate surface area is 108 Å². The standard InChI is InChI=1S/C10H5BrClF3N2/c1-4-2-3-5(11)6-7(4)16-9(10(13,14)15)17-8(6)12/h2-3H,1H3. The zero-order valence-electron chi connectivity index (χ0n) is 8.44. The van der Waals surface area contributed by atoms with Crippen LogP contribution in [0.4, 0.5) is 13.2 Å². The third-order valence-electron chi connectivity index (χ3n) is 2.21. The highest BCUT2D eigenvalue weighted by atomic mass is 79.9. The van der Waals surface area contributed by atoms with E-state index in [-0.39, 0.29) is 10.7 Å². The Morgan fingerprint density at radius 2 is 1.88 bits per heavy atom. The molecule has 0 fully saturated rings. The van der Waals surface area contributed by atoms with Crippen LogP contribution in [-0.4, -0.2) is 9.97 Å². The number of nitrogens with zero attached hydrogens (tertiary/aromatic N) is 2. The van der Waals surface area contributed by atoms with Gasteiger partial charge in [-0.1, -0.05) is 17.7 Å². The largest absolute Gasteiger partial charge is 0.451 e. The van der Waals surface area contributed by atoms with Gasteiger partial charge >= 0.3 is 6.18 Å². The Morgan fingerprint density at radius 3 is 2.47 bits per heavy atom. The Hall–Kier alpha value is -0.880. The average Bonchev–Trinajstić information content (AvgIpc) is 2.21. The molecule has 0 unspecified atom stereocenters. The van der Waals surface area contributed by atoms with Gasteiger partial charge in [-0.15, -0.1) is 0 Å². The van der Waals surface area contributed by atoms with E-state index in [1.165, 1.54) is 0 Å². The van der Waals surface area contributed by atoms with E-state index in [2.05, 4.69) is 25.9 Å². The lowest BCUT2D eigenvalue weighted by atomic mass is 10.1. The van der Waals surface area contributed by atoms with E-state index in [4.69, 9.17) is 11.6 Å². The number of halogens is 5. The number of hydrogen-bond acceptors (Lipinski definition) is 2. The Kier molecular flexibility index (Phi) is 3.03. The van der Waals surface area contributed by atoms with E-state index in [9.17, 15) is 13.2 Å². The van der Waals surface area contributed by atoms with Gasteiger partial charge in [0.15, 0.2) is 0 Å². The first-order valence-corrected chi connectivity index (χ1v) is 5.67. The van der Waals surface area contributed by atoms with E-state index < -0.39 is 12.0 Å². The summed E-state index contributed by atoms with van der Waals surface area (Å²) in [5.74, 6) is -1.23. The highest BCUT2D eigenvalue weighted by Gasteiger charge is 2.35. The normalized spacial score (nSPS) is 12.1. The summed E-state index contributed by atoms with van der Waals surface area (Å²) in [7, 11) is 0. The lowest BCUT2D eigenvalue weighted by Crippen LogP contribution is -2.11. The van der Waals surface area contributed by atoms with Gasteiger partial charge in [-0.3, -0.25) is 0 Å². The fourth-order valence-corrected chi connectivity index (χ4v) is 2.31. The molecule has 17 heavy (non-hydrogen) atoms. The van der Waals surface area contributed by atoms with E-state index in [0.717, 1.165) is 0 Å². The molecule has 0 spiro atoms. The maximum atomic E-state index is 12.5. The van der Waals surface area contributed by atoms with E-state index in [0.29, 0.717) is 15.4 Å². The molecule has 0 saturated heterocycles. The van der Waals surface area contributed by atoms with Crippen LogP contribution in [0.3, 0.4) is 0 Å². The Bertz CT molecular complexity index is 598. The fourth-order valence-electron chi connectivity index (χ4n) is 1.42. The van der Waals surface area contributed by atoms with Crippen molar-refractivity contribution in [2.24, 2.45) is 0 Å². The van der Waals surface area contributed by atoms with Crippen molar-refractivity contribution in [3.05, 3.63) is 33.1 Å². The molecule has 0 aliphatic rings. The summed E-state index contributed by atoms with van der Waals surface area (Å²) in [5.41, 5.74) is 0.810. The minimum Gasteiger partial charge on any atom is -0.224 e. The lowest BCUT2D eigenvalue weighted by molar-refractivity contribution is -0.144. The molecule has 2 aromatic rings. The molecule has 2 nitrogen and oxygen atoms in total. The maximum Gasteiger partial charge on any atom is 0.451 e. The maximum absolute atomic E-state index is 12.5. The van der Waals surface area contributed by atoms with Crippen molar-refractivity contribution < 1.29 is 13.2 Å². The number of benzene rings is 1. The van der Waals surface area contributed by atoms with Gasteiger partial charge in [0.05, 0.1) is 10.9 Å². The number of aromatic nitrogens is 2. The fraction of sp³-hybridized carbons (Fsp3) is 0.200. The third-order valence-corrected chi connectivity index (χ3v) is 3.14. The minimum absolute atomic E-state index is 0.201. The molecule has 0 radical (unpaired) electrons. The molecular formula is C10H5BrClF3N2. The Morgan fingerprint density at radius 1 is 1.24 bits per heavy atom. The first-order valence-electron chi connectivity index (χ1n) is 4.50. The summed E-state index contributed by atoms with van der Waals surface area (Å²) >= 11 is 8.98. The first kappa shape index (κ1) is 12.6. The first-order chi connectivity index (χ1) is 7.80. The van der Waals surface area contributed by atoms with Crippen LogP contribution in [-0.2, 0) is 6.18 Å². The van der Waals surface area contributed by atoms with Gasteiger partial charge in [-0.2, -0.15) is 13.2 Å². The number of rotatable bonds is 0. The summed E-state index contributed by atoms with van der Waals surface area (Å²) in [6, 6.07) is 3.36. The van der Waals surface area contributed by atoms with Crippen LogP contribution in [0.1, 0.15) is 11.4 Å². The number of hydrogen-bond donors (Lipinski definition) is 0. The molecule has 2 rings (SSSR count). The van der Waals surface area contributed by atoms with Crippen LogP contribution in [0.25, 0.3) is 10.9 Å². The molecule has 0 aliphatic carbocycles. The van der Waals surface area contributed by atoms with Crippen molar-refractivity contribution in [3.63, 3.8) is 0 Å². The van der Waals surface area contributed by atoms with Gasteiger partial charge in [0, 0.05) is 4.47 Å². The van der Waals surface area contributed by atoms with Crippen LogP contribution < -0.4 is 0 Å². The van der Waals surface area contributed by atoms with Crippen LogP contribution in [0.15, 0.2) is 16.6 Å². The van der Waals surface area contributed by atoms with Gasteiger partial charge in [0.25, 0.3) is 0 Å². The molecule has 0 bridgehead atoms. The van der Waals surface area contributed by atoms with Crippen LogP contribution in [0, 0.1) is 6.92 Å². The molecule has 0 aliphatic heterocycles. The predicted octanol–water partition coefficient (Wildman–Crippen LogP) is 4.37. The number of aryl methyl sites for hydroxylation is 1. The predicted molar refractivity (Wildman–Crippen MR) is 62.0 cm³/mol. The summed E-state index contributed by atoms with van der Waals surface area (Å²) in [4.78, 5) is 6.79. The van der Waals surface area contributed by atoms with Crippen molar-refractivity contribution >= 4 is 38.4 Å². The van der Waals surface area contributed by atoms with Gasteiger partial charge in [0.2, 0.25) is 5.82 Å². The molecule has 1 aromatic heterocycles. The smallest absolute Gasteiger partial charge is 0.224 e. The quantitative estimate of drug-likeness (QED) is 0.672. The van der Waals surface area contributed by atoms with Crippen LogP contribution >= 0.6 is 27.5 Å². The molecular weight excluding hydrogens is 320 g/mol. The van der Waals surface area contributed by atoms with Gasteiger partial charge in [-0.05, 0) is 34.5 Å². The molecule has 0 N–H and O–H groups in total. The van der Waals surface area contributed by atoms with Crippen molar-refractivity contribution in [1.82, 2.24) is 9.97 Å². The molecule has 0 amide bonds. The monoisotopic (exact) mass is 324 g/mol. The minimum atomic E-state index is -4.60. The van der Waals surface area contributed by atoms with Crippen LogP contribution in [0.5, 0.6) is 0 Å². The summed E-state index contributed by atoms with van der Waals surface area (Å²) in [5, 5.41) is 0.178. The molecule has 7 heteroatoms. The average molecular weight is 326 g/mol. The van der Waals surface area contributed by atoms with Gasteiger partial charge in [-0.25, -0.2) is 9.97 Å². The van der Waals surface area contributed by atoms with Crippen molar-refractivity contribution in [2.75, 3.05) is 0 Å². The summed E-state index contributed by atoms with van der Waals surface area (Å²) in [6.45, 7) is 1.66.